The number of ether oxygens (including phenoxy) is 3. The molecule has 9 rings (SSSR count). The van der Waals surface area contributed by atoms with Gasteiger partial charge in [0.1, 0.15) is 40.7 Å². The molecule has 364 valence electrons. The van der Waals surface area contributed by atoms with E-state index in [0.29, 0.717) is 27.8 Å². The number of oxime groups is 1. The summed E-state index contributed by atoms with van der Waals surface area (Å²) in [6.07, 6.45) is -2.07. The zero-order valence-corrected chi connectivity index (χ0v) is 41.4. The second-order valence-corrected chi connectivity index (χ2v) is 18.9. The Bertz CT molecular complexity index is 2940. The summed E-state index contributed by atoms with van der Waals surface area (Å²) in [5, 5.41) is 12.3. The molecular formula is C56H48ClN5O8S2. The molecule has 0 aliphatic carbocycles. The van der Waals surface area contributed by atoms with Gasteiger partial charge < -0.3 is 29.7 Å². The van der Waals surface area contributed by atoms with Crippen molar-refractivity contribution in [2.24, 2.45) is 5.16 Å². The maximum absolute atomic E-state index is 14.7. The Morgan fingerprint density at radius 3 is 1.86 bits per heavy atom. The number of anilines is 1. The van der Waals surface area contributed by atoms with E-state index in [1.165, 1.54) is 34.9 Å². The number of rotatable bonds is 19. The van der Waals surface area contributed by atoms with Crippen LogP contribution in [0.5, 0.6) is 5.75 Å². The third kappa shape index (κ3) is 10.5. The highest BCUT2D eigenvalue weighted by Gasteiger charge is 2.55. The third-order valence-corrected chi connectivity index (χ3v) is 14.6. The van der Waals surface area contributed by atoms with Crippen molar-refractivity contribution in [2.75, 3.05) is 24.1 Å². The number of methoxy groups -OCH3 is 1. The van der Waals surface area contributed by atoms with Crippen LogP contribution in [0.2, 0.25) is 0 Å². The van der Waals surface area contributed by atoms with Gasteiger partial charge in [-0.3, -0.25) is 14.5 Å². The number of nitrogens with one attached hydrogen (secondary N) is 2. The third-order valence-electron chi connectivity index (χ3n) is 12.2. The van der Waals surface area contributed by atoms with Crippen molar-refractivity contribution in [2.45, 2.75) is 42.7 Å². The number of aromatic nitrogens is 1. The Morgan fingerprint density at radius 1 is 0.792 bits per heavy atom. The molecule has 72 heavy (non-hydrogen) atoms. The van der Waals surface area contributed by atoms with Crippen LogP contribution in [0.4, 0.5) is 5.13 Å². The van der Waals surface area contributed by atoms with Crippen molar-refractivity contribution in [1.29, 1.82) is 0 Å². The number of benzene rings is 6. The van der Waals surface area contributed by atoms with Crippen LogP contribution in [0.15, 0.2) is 198 Å². The highest BCUT2D eigenvalue weighted by Crippen LogP contribution is 2.43. The van der Waals surface area contributed by atoms with Gasteiger partial charge in [-0.05, 0) is 58.0 Å². The minimum absolute atomic E-state index is 0.0139. The zero-order chi connectivity index (χ0) is 50.0. The van der Waals surface area contributed by atoms with E-state index in [1.807, 2.05) is 152 Å². The van der Waals surface area contributed by atoms with Crippen LogP contribution in [0.25, 0.3) is 0 Å². The maximum atomic E-state index is 14.7. The molecule has 6 aromatic carbocycles. The van der Waals surface area contributed by atoms with Gasteiger partial charge >= 0.3 is 11.9 Å². The number of esters is 2. The van der Waals surface area contributed by atoms with Crippen molar-refractivity contribution < 1.29 is 38.2 Å². The Kier molecular flexibility index (Phi) is 15.4. The number of carbonyl (C=O) groups excluding carboxylic acids is 4. The van der Waals surface area contributed by atoms with E-state index < -0.39 is 52.9 Å². The van der Waals surface area contributed by atoms with Gasteiger partial charge in [0.25, 0.3) is 11.8 Å². The predicted octanol–water partition coefficient (Wildman–Crippen LogP) is 9.63. The molecule has 0 saturated carbocycles. The SMILES string of the molecule is COc1ccc(COC(=O)C2=C(CCl)CSC3C(NC(=O)/C(=N\O[C@@H](C)C(=O)OC(c4ccccc4)c4ccccc4)c4csc(NC(c5ccccc5)(c5ccccc5)c5ccccc5)n4)C(=O)N23)cc1. The minimum Gasteiger partial charge on any atom is -0.497 e. The van der Waals surface area contributed by atoms with E-state index in [9.17, 15) is 19.2 Å². The minimum atomic E-state index is -1.30. The summed E-state index contributed by atoms with van der Waals surface area (Å²) in [4.78, 5) is 68.5. The fourth-order valence-corrected chi connectivity index (χ4v) is 10.9. The fourth-order valence-electron chi connectivity index (χ4n) is 8.48. The summed E-state index contributed by atoms with van der Waals surface area (Å²) >= 11 is 8.91. The number of hydrogen-bond acceptors (Lipinski definition) is 13. The summed E-state index contributed by atoms with van der Waals surface area (Å²) in [5.74, 6) is -1.88. The second-order valence-electron chi connectivity index (χ2n) is 16.7. The molecule has 2 unspecified atom stereocenters. The largest absolute Gasteiger partial charge is 0.497 e. The zero-order valence-electron chi connectivity index (χ0n) is 39.1. The first-order chi connectivity index (χ1) is 35.2. The number of hydrogen-bond donors (Lipinski definition) is 2. The molecule has 1 saturated heterocycles. The molecule has 7 aromatic rings. The molecule has 13 nitrogen and oxygen atoms in total. The summed E-state index contributed by atoms with van der Waals surface area (Å²) in [6, 6.07) is 54.5. The molecule has 2 aliphatic heterocycles. The van der Waals surface area contributed by atoms with Crippen molar-refractivity contribution in [3.05, 3.63) is 232 Å². The molecule has 1 aromatic heterocycles. The Morgan fingerprint density at radius 2 is 1.33 bits per heavy atom. The molecule has 16 heteroatoms. The molecule has 0 bridgehead atoms. The first kappa shape index (κ1) is 49.3. The van der Waals surface area contributed by atoms with Gasteiger partial charge in [0.05, 0.1) is 7.11 Å². The number of halogens is 1. The quantitative estimate of drug-likeness (QED) is 0.0199. The number of thioether (sulfide) groups is 1. The normalized spacial score (nSPS) is 16.0. The van der Waals surface area contributed by atoms with Crippen molar-refractivity contribution in [3.8, 4) is 5.75 Å². The summed E-state index contributed by atoms with van der Waals surface area (Å²) in [6.45, 7) is 1.42. The summed E-state index contributed by atoms with van der Waals surface area (Å²) < 4.78 is 17.0. The van der Waals surface area contributed by atoms with Crippen LogP contribution in [0, 0.1) is 0 Å². The highest BCUT2D eigenvalue weighted by molar-refractivity contribution is 8.00. The number of carbonyl (C=O) groups is 4. The summed E-state index contributed by atoms with van der Waals surface area (Å²) in [5.41, 5.74) is 4.39. The molecule has 1 fully saturated rings. The van der Waals surface area contributed by atoms with Crippen LogP contribution < -0.4 is 15.4 Å². The molecule has 0 spiro atoms. The van der Waals surface area contributed by atoms with Crippen LogP contribution >= 0.6 is 34.7 Å². The molecule has 2 N–H and O–H groups in total. The molecule has 3 heterocycles. The highest BCUT2D eigenvalue weighted by atomic mass is 35.5. The van der Waals surface area contributed by atoms with E-state index in [-0.39, 0.29) is 29.6 Å². The fraction of sp³-hybridized carbons (Fsp3) is 0.179. The number of alkyl halides is 1. The van der Waals surface area contributed by atoms with Gasteiger partial charge in [-0.15, -0.1) is 34.7 Å². The first-order valence-electron chi connectivity index (χ1n) is 23.0. The number of amides is 2. The Hall–Kier alpha value is -7.72. The molecule has 0 radical (unpaired) electrons. The topological polar surface area (TPSA) is 158 Å². The van der Waals surface area contributed by atoms with Crippen molar-refractivity contribution >= 4 is 69.3 Å². The lowest BCUT2D eigenvalue weighted by molar-refractivity contribution is -0.160. The summed E-state index contributed by atoms with van der Waals surface area (Å²) in [7, 11) is 1.56. The number of fused-ring (bicyclic) bond motifs is 1. The van der Waals surface area contributed by atoms with Crippen molar-refractivity contribution in [1.82, 2.24) is 15.2 Å². The monoisotopic (exact) mass is 1020 g/mol. The Balaban J connectivity index is 1.01. The van der Waals surface area contributed by atoms with Gasteiger partial charge in [-0.25, -0.2) is 14.6 Å². The van der Waals surface area contributed by atoms with Crippen LogP contribution in [-0.4, -0.2) is 75.6 Å². The second kappa shape index (κ2) is 22.6. The number of β-lactam (4-membered cyclic amide) rings is 1. The smallest absolute Gasteiger partial charge is 0.355 e. The average Bonchev–Trinajstić information content (AvgIpc) is 3.90. The molecular weight excluding hydrogens is 970 g/mol. The van der Waals surface area contributed by atoms with E-state index in [0.717, 1.165) is 27.8 Å². The van der Waals surface area contributed by atoms with Crippen LogP contribution in [0.3, 0.4) is 0 Å². The average molecular weight is 1020 g/mol. The van der Waals surface area contributed by atoms with Gasteiger partial charge in [0.2, 0.25) is 6.10 Å². The van der Waals surface area contributed by atoms with E-state index in [2.05, 4.69) is 15.8 Å². The lowest BCUT2D eigenvalue weighted by Crippen LogP contribution is -2.71. The van der Waals surface area contributed by atoms with E-state index in [4.69, 9.17) is 35.6 Å². The lowest BCUT2D eigenvalue weighted by Gasteiger charge is -2.49. The van der Waals surface area contributed by atoms with Gasteiger partial charge in [0.15, 0.2) is 16.9 Å². The van der Waals surface area contributed by atoms with E-state index >= 15 is 0 Å². The van der Waals surface area contributed by atoms with E-state index in [1.54, 1.807) is 36.8 Å². The standard InChI is InChI=1S/C56H48ClN5O8S2/c1-36(53(65)69-49(38-18-8-3-9-19-38)39-20-10-4-11-21-39)70-61-46(45-35-72-55(58-45)60-56(41-22-12-5-13-23-41,42-24-14-6-15-25-42)43-26-16-7-17-27-43)50(63)59-47-51(64)62-48(40(32-57)34-71-52(47)62)54(66)68-33-37-28-30-44(67-2)31-29-37/h3-31,35-36,47,49,52H,32-34H2,1-2H3,(H,58,60)(H,59,63)/b61-46-/t36-,47?,52?/m0/s1. The van der Waals surface area contributed by atoms with Gasteiger partial charge in [0, 0.05) is 17.0 Å². The first-order valence-corrected chi connectivity index (χ1v) is 25.4. The van der Waals surface area contributed by atoms with Crippen LogP contribution in [-0.2, 0) is 45.6 Å². The van der Waals surface area contributed by atoms with Crippen molar-refractivity contribution in [3.63, 3.8) is 0 Å². The van der Waals surface area contributed by atoms with Crippen LogP contribution in [0.1, 0.15) is 52.1 Å². The maximum Gasteiger partial charge on any atom is 0.355 e. The number of nitrogens with zero attached hydrogens (tertiary/aromatic N) is 3. The Labute approximate surface area is 429 Å². The molecule has 2 amide bonds. The van der Waals surface area contributed by atoms with Gasteiger partial charge in [-0.1, -0.05) is 169 Å². The predicted molar refractivity (Wildman–Crippen MR) is 278 cm³/mol. The lowest BCUT2D eigenvalue weighted by atomic mass is 9.77. The number of thiazole rings is 1. The van der Waals surface area contributed by atoms with Gasteiger partial charge in [-0.2, -0.15) is 0 Å². The molecule has 2 aliphatic rings. The molecule has 3 atom stereocenters.